The van der Waals surface area contributed by atoms with Gasteiger partial charge in [0.25, 0.3) is 0 Å². The van der Waals surface area contributed by atoms with Crippen LogP contribution in [0.3, 0.4) is 0 Å². The first-order chi connectivity index (χ1) is 19.3. The lowest BCUT2D eigenvalue weighted by atomic mass is 10.1. The van der Waals surface area contributed by atoms with Gasteiger partial charge in [0.15, 0.2) is 0 Å². The van der Waals surface area contributed by atoms with Crippen LogP contribution in [0.1, 0.15) is 43.4 Å². The van der Waals surface area contributed by atoms with Gasteiger partial charge in [0.2, 0.25) is 0 Å². The van der Waals surface area contributed by atoms with Gasteiger partial charge in [-0.3, -0.25) is 0 Å². The molecule has 1 heterocycles. The molecule has 40 heavy (non-hydrogen) atoms. The molecule has 0 aliphatic carbocycles. The molecule has 0 saturated heterocycles. The normalized spacial score (nSPS) is 12.8. The van der Waals surface area contributed by atoms with Gasteiger partial charge in [-0.05, 0) is 44.9 Å². The number of allylic oxidation sites excluding steroid dienone is 1. The van der Waals surface area contributed by atoms with Gasteiger partial charge in [0.05, 0.1) is 17.1 Å². The summed E-state index contributed by atoms with van der Waals surface area (Å²) in [6, 6.07) is 26.1. The van der Waals surface area contributed by atoms with E-state index < -0.39 is 0 Å². The molecule has 0 saturated carbocycles. The number of para-hydroxylation sites is 1. The maximum atomic E-state index is 6.37. The van der Waals surface area contributed by atoms with Crippen LogP contribution in [0.25, 0.3) is 5.70 Å². The Hall–Kier alpha value is -4.26. The Bertz CT molecular complexity index is 1330. The summed E-state index contributed by atoms with van der Waals surface area (Å²) in [5.74, 6) is 0.973. The Morgan fingerprint density at radius 2 is 1.48 bits per heavy atom. The molecule has 3 nitrogen and oxygen atoms in total. The van der Waals surface area contributed by atoms with Crippen LogP contribution in [0.5, 0.6) is 0 Å². The Morgan fingerprint density at radius 1 is 0.900 bits per heavy atom. The van der Waals surface area contributed by atoms with E-state index in [0.717, 1.165) is 64.7 Å². The van der Waals surface area contributed by atoms with Gasteiger partial charge >= 0.3 is 0 Å². The highest BCUT2D eigenvalue weighted by Gasteiger charge is 2.30. The number of aryl methyl sites for hydroxylation is 2. The van der Waals surface area contributed by atoms with Crippen LogP contribution in [0.4, 0.5) is 5.69 Å². The first kappa shape index (κ1) is 33.8. The van der Waals surface area contributed by atoms with Crippen molar-refractivity contribution in [2.45, 2.75) is 40.5 Å². The summed E-state index contributed by atoms with van der Waals surface area (Å²) in [7, 11) is 0. The molecule has 1 aliphatic heterocycles. The molecule has 4 rings (SSSR count). The minimum atomic E-state index is 0.675. The summed E-state index contributed by atoms with van der Waals surface area (Å²) in [5, 5.41) is 4.17. The van der Waals surface area contributed by atoms with Gasteiger partial charge in [0.1, 0.15) is 5.82 Å². The highest BCUT2D eigenvalue weighted by molar-refractivity contribution is 6.32. The monoisotopic (exact) mass is 551 g/mol. The molecular formula is C36H42ClN3. The van der Waals surface area contributed by atoms with Gasteiger partial charge in [0, 0.05) is 28.4 Å². The average molecular weight is 552 g/mol. The maximum absolute atomic E-state index is 6.37. The Morgan fingerprint density at radius 3 is 2.02 bits per heavy atom. The summed E-state index contributed by atoms with van der Waals surface area (Å²) in [4.78, 5) is 7.15. The van der Waals surface area contributed by atoms with Crippen molar-refractivity contribution in [1.29, 1.82) is 0 Å². The van der Waals surface area contributed by atoms with Crippen molar-refractivity contribution in [3.8, 4) is 12.8 Å². The van der Waals surface area contributed by atoms with Crippen molar-refractivity contribution in [2.75, 3.05) is 6.54 Å². The van der Waals surface area contributed by atoms with E-state index in [0.29, 0.717) is 5.02 Å². The lowest BCUT2D eigenvalue weighted by Gasteiger charge is -2.25. The average Bonchev–Trinajstić information content (AvgIpc) is 3.19. The fourth-order valence-corrected chi connectivity index (χ4v) is 4.18. The second kappa shape index (κ2) is 18.1. The predicted octanol–water partition coefficient (Wildman–Crippen LogP) is 9.89. The minimum Gasteiger partial charge on any atom is -0.341 e. The SMILES string of the molecule is C#C.C=C.C=C(NC1=C(C)C(=Nc2ccccc2C)C(=C)N1CCCC)c1ccccc1Cl.Cc1ccccc1. The number of halogens is 1. The highest BCUT2D eigenvalue weighted by Crippen LogP contribution is 2.32. The van der Waals surface area contributed by atoms with Gasteiger partial charge in [-0.2, -0.15) is 0 Å². The van der Waals surface area contributed by atoms with Gasteiger partial charge in [-0.1, -0.05) is 110 Å². The topological polar surface area (TPSA) is 27.6 Å². The van der Waals surface area contributed by atoms with Crippen molar-refractivity contribution < 1.29 is 0 Å². The van der Waals surface area contributed by atoms with Crippen molar-refractivity contribution in [2.24, 2.45) is 4.99 Å². The third-order valence-electron chi connectivity index (χ3n) is 6.07. The molecule has 0 aromatic heterocycles. The number of nitrogens with zero attached hydrogens (tertiary/aromatic N) is 2. The molecule has 208 valence electrons. The van der Waals surface area contributed by atoms with E-state index in [-0.39, 0.29) is 0 Å². The third kappa shape index (κ3) is 9.49. The number of terminal acetylenes is 1. The zero-order valence-corrected chi connectivity index (χ0v) is 25.1. The molecule has 3 aromatic carbocycles. The molecule has 1 aliphatic rings. The second-order valence-corrected chi connectivity index (χ2v) is 9.32. The number of hydrogen-bond acceptors (Lipinski definition) is 3. The van der Waals surface area contributed by atoms with E-state index in [1.807, 2.05) is 60.7 Å². The van der Waals surface area contributed by atoms with Gasteiger partial charge in [-0.15, -0.1) is 26.0 Å². The number of hydrogen-bond donors (Lipinski definition) is 1. The predicted molar refractivity (Wildman–Crippen MR) is 178 cm³/mol. The number of aliphatic imine (C=N–C) groups is 1. The zero-order valence-electron chi connectivity index (χ0n) is 24.4. The van der Waals surface area contributed by atoms with E-state index in [2.05, 4.69) is 95.3 Å². The fraction of sp³-hybridized carbons (Fsp3) is 0.194. The van der Waals surface area contributed by atoms with Crippen LogP contribution >= 0.6 is 11.6 Å². The molecule has 0 radical (unpaired) electrons. The number of rotatable bonds is 7. The van der Waals surface area contributed by atoms with Crippen LogP contribution in [-0.2, 0) is 0 Å². The second-order valence-electron chi connectivity index (χ2n) is 8.91. The maximum Gasteiger partial charge on any atom is 0.116 e. The molecular weight excluding hydrogens is 510 g/mol. The summed E-state index contributed by atoms with van der Waals surface area (Å²) >= 11 is 6.37. The lowest BCUT2D eigenvalue weighted by Crippen LogP contribution is -2.28. The molecule has 0 fully saturated rings. The van der Waals surface area contributed by atoms with E-state index in [4.69, 9.17) is 16.6 Å². The van der Waals surface area contributed by atoms with Crippen molar-refractivity contribution in [3.63, 3.8) is 0 Å². The molecule has 0 bridgehead atoms. The van der Waals surface area contributed by atoms with Crippen LogP contribution in [0.2, 0.25) is 5.02 Å². The Labute approximate surface area is 247 Å². The van der Waals surface area contributed by atoms with Gasteiger partial charge < -0.3 is 10.2 Å². The summed E-state index contributed by atoms with van der Waals surface area (Å²) < 4.78 is 0. The lowest BCUT2D eigenvalue weighted by molar-refractivity contribution is 0.424. The molecule has 0 spiro atoms. The van der Waals surface area contributed by atoms with Crippen LogP contribution in [-0.4, -0.2) is 17.2 Å². The molecule has 4 heteroatoms. The fourth-order valence-electron chi connectivity index (χ4n) is 3.93. The molecule has 0 atom stereocenters. The Kier molecular flexibility index (Phi) is 15.3. The minimum absolute atomic E-state index is 0.675. The van der Waals surface area contributed by atoms with E-state index in [1.54, 1.807) is 0 Å². The standard InChI is InChI=1S/C25H28ClN3.C7H8.C2H4.C2H2/c1-6-7-16-29-20(5)24(28-23-15-11-8-12-17(23)2)18(3)25(29)27-19(4)21-13-9-10-14-22(21)26;1-7-5-3-2-4-6-7;2*1-2/h8-15,27H,4-7,16H2,1-3H3;2-6H,1H3;1-2H2;1-2H. The number of unbranched alkanes of at least 4 members (excludes halogenated alkanes) is 1. The van der Waals surface area contributed by atoms with Crippen LogP contribution in [0, 0.1) is 26.7 Å². The smallest absolute Gasteiger partial charge is 0.116 e. The van der Waals surface area contributed by atoms with Crippen LogP contribution < -0.4 is 5.32 Å². The summed E-state index contributed by atoms with van der Waals surface area (Å²) in [6.45, 7) is 23.9. The summed E-state index contributed by atoms with van der Waals surface area (Å²) in [6.07, 6.45) is 10.2. The van der Waals surface area contributed by atoms with E-state index in [1.165, 1.54) is 5.56 Å². The van der Waals surface area contributed by atoms with Crippen molar-refractivity contribution in [3.05, 3.63) is 144 Å². The number of benzene rings is 3. The summed E-state index contributed by atoms with van der Waals surface area (Å²) in [5.41, 5.74) is 7.95. The molecule has 0 amide bonds. The van der Waals surface area contributed by atoms with Crippen molar-refractivity contribution in [1.82, 2.24) is 10.2 Å². The number of nitrogens with one attached hydrogen (secondary N) is 1. The zero-order chi connectivity index (χ0) is 30.1. The first-order valence-electron chi connectivity index (χ1n) is 13.2. The Balaban J connectivity index is 0.000000617. The molecule has 1 N–H and O–H groups in total. The van der Waals surface area contributed by atoms with E-state index in [9.17, 15) is 0 Å². The quantitative estimate of drug-likeness (QED) is 0.234. The van der Waals surface area contributed by atoms with E-state index >= 15 is 0 Å². The molecule has 3 aromatic rings. The molecule has 0 unspecified atom stereocenters. The largest absolute Gasteiger partial charge is 0.341 e. The van der Waals surface area contributed by atoms with Crippen molar-refractivity contribution >= 4 is 28.7 Å². The highest BCUT2D eigenvalue weighted by atomic mass is 35.5. The third-order valence-corrected chi connectivity index (χ3v) is 6.40. The van der Waals surface area contributed by atoms with Crippen LogP contribution in [0.15, 0.2) is 127 Å². The first-order valence-corrected chi connectivity index (χ1v) is 13.6. The van der Waals surface area contributed by atoms with Gasteiger partial charge in [-0.25, -0.2) is 4.99 Å².